The molecule has 3 aliphatic heterocycles. The number of hydrogen-bond acceptors (Lipinski definition) is 11. The van der Waals surface area contributed by atoms with Gasteiger partial charge < -0.3 is 47.4 Å². The molecule has 0 spiro atoms. The number of benzene rings is 5. The minimum absolute atomic E-state index is 0.153. The highest BCUT2D eigenvalue weighted by Crippen LogP contribution is 2.39. The molecule has 0 bridgehead atoms. The molecule has 3 heterocycles. The van der Waals surface area contributed by atoms with Gasteiger partial charge in [-0.2, -0.15) is 0 Å². The normalized spacial score (nSPS) is 28.7. The molecule has 0 radical (unpaired) electrons. The van der Waals surface area contributed by atoms with Gasteiger partial charge in [0.2, 0.25) is 0 Å². The molecule has 8 rings (SSSR count). The van der Waals surface area contributed by atoms with Gasteiger partial charge in [0.05, 0.1) is 44.7 Å². The van der Waals surface area contributed by atoms with Crippen molar-refractivity contribution in [2.24, 2.45) is 0 Å². The highest BCUT2D eigenvalue weighted by atomic mass is 79.9. The summed E-state index contributed by atoms with van der Waals surface area (Å²) >= 11 is 3.49. The molecule has 0 aliphatic carbocycles. The van der Waals surface area contributed by atoms with Crippen LogP contribution in [0.5, 0.6) is 0 Å². The number of fused-ring (bicyclic) bond motifs is 1. The first-order chi connectivity index (χ1) is 30.0. The molecular formula is C49H51BrO11. The van der Waals surface area contributed by atoms with Crippen molar-refractivity contribution in [3.63, 3.8) is 0 Å². The van der Waals surface area contributed by atoms with E-state index in [9.17, 15) is 4.79 Å². The van der Waals surface area contributed by atoms with Crippen molar-refractivity contribution < 1.29 is 52.2 Å². The van der Waals surface area contributed by atoms with E-state index in [1.807, 2.05) is 134 Å². The van der Waals surface area contributed by atoms with E-state index >= 15 is 0 Å². The standard InChI is InChI=1S/C49H51BrO11/c1-33-40(53-29-34-17-7-2-8-18-34)42(54-30-35-19-9-3-10-20-35)44(55-31-36-21-11-4-12-22-36)49(57-33)61-45-43(59-46(51)37-23-13-5-14-24-37)41-39(58-48(45)52-28-27-50)32-56-47(60-41)38-25-15-6-16-26-38/h2-26,33,39-45,47-49H,27-32H2,1H3/t33-,39+,40+,41-,42+,43-,44-,45+,47?,48+,49-/m0/s1. The Kier molecular flexibility index (Phi) is 15.4. The van der Waals surface area contributed by atoms with E-state index in [2.05, 4.69) is 15.9 Å². The molecule has 320 valence electrons. The average molecular weight is 896 g/mol. The van der Waals surface area contributed by atoms with Crippen molar-refractivity contribution in [2.75, 3.05) is 18.5 Å². The summed E-state index contributed by atoms with van der Waals surface area (Å²) in [5.74, 6) is -0.557. The summed E-state index contributed by atoms with van der Waals surface area (Å²) in [5, 5.41) is 0.515. The Morgan fingerprint density at radius 2 is 1.10 bits per heavy atom. The first kappa shape index (κ1) is 43.3. The number of carbonyl (C=O) groups excluding carboxylic acids is 1. The van der Waals surface area contributed by atoms with Gasteiger partial charge in [-0.15, -0.1) is 0 Å². The first-order valence-electron chi connectivity index (χ1n) is 20.7. The Balaban J connectivity index is 1.15. The van der Waals surface area contributed by atoms with Crippen molar-refractivity contribution in [3.8, 4) is 0 Å². The van der Waals surface area contributed by atoms with E-state index in [1.165, 1.54) is 0 Å². The third-order valence-electron chi connectivity index (χ3n) is 10.8. The Morgan fingerprint density at radius 1 is 0.574 bits per heavy atom. The number of rotatable bonds is 17. The average Bonchev–Trinajstić information content (AvgIpc) is 3.31. The zero-order chi connectivity index (χ0) is 41.8. The van der Waals surface area contributed by atoms with E-state index in [-0.39, 0.29) is 26.4 Å². The summed E-state index contributed by atoms with van der Waals surface area (Å²) in [6, 6.07) is 48.2. The highest BCUT2D eigenvalue weighted by molar-refractivity contribution is 9.09. The van der Waals surface area contributed by atoms with Gasteiger partial charge in [0.25, 0.3) is 0 Å². The van der Waals surface area contributed by atoms with Gasteiger partial charge >= 0.3 is 5.97 Å². The second-order valence-electron chi connectivity index (χ2n) is 15.1. The molecule has 1 unspecified atom stereocenters. The van der Waals surface area contributed by atoms with E-state index in [0.717, 1.165) is 22.3 Å². The number of ether oxygens (including phenoxy) is 10. The van der Waals surface area contributed by atoms with Crippen molar-refractivity contribution >= 4 is 21.9 Å². The van der Waals surface area contributed by atoms with E-state index in [0.29, 0.717) is 17.5 Å². The third kappa shape index (κ3) is 11.2. The molecule has 3 fully saturated rings. The van der Waals surface area contributed by atoms with E-state index in [1.54, 1.807) is 24.3 Å². The van der Waals surface area contributed by atoms with Crippen LogP contribution in [0.1, 0.15) is 45.8 Å². The molecule has 11 nitrogen and oxygen atoms in total. The van der Waals surface area contributed by atoms with Crippen LogP contribution in [0.15, 0.2) is 152 Å². The maximum absolute atomic E-state index is 14.0. The Hall–Kier alpha value is -4.31. The number of alkyl halides is 1. The number of carbonyl (C=O) groups is 1. The van der Waals surface area contributed by atoms with Gasteiger partial charge in [0.1, 0.15) is 30.5 Å². The van der Waals surface area contributed by atoms with E-state index < -0.39 is 73.7 Å². The fraction of sp³-hybridized carbons (Fsp3) is 0.367. The molecule has 12 heteroatoms. The maximum Gasteiger partial charge on any atom is 0.338 e. The van der Waals surface area contributed by atoms with E-state index in [4.69, 9.17) is 47.4 Å². The lowest BCUT2D eigenvalue weighted by atomic mass is 9.95. The number of hydrogen-bond donors (Lipinski definition) is 0. The second kappa shape index (κ2) is 21.7. The van der Waals surface area contributed by atoms with Crippen LogP contribution in [0, 0.1) is 0 Å². The molecule has 61 heavy (non-hydrogen) atoms. The number of halogens is 1. The topological polar surface area (TPSA) is 109 Å². The fourth-order valence-electron chi connectivity index (χ4n) is 7.80. The van der Waals surface area contributed by atoms with Crippen LogP contribution in [-0.2, 0) is 67.2 Å². The van der Waals surface area contributed by atoms with Crippen LogP contribution in [-0.4, -0.2) is 85.9 Å². The molecule has 0 saturated carbocycles. The lowest BCUT2D eigenvalue weighted by Gasteiger charge is -2.51. The van der Waals surface area contributed by atoms with Gasteiger partial charge in [-0.3, -0.25) is 0 Å². The molecule has 0 N–H and O–H groups in total. The van der Waals surface area contributed by atoms with Crippen LogP contribution in [0.4, 0.5) is 0 Å². The van der Waals surface area contributed by atoms with Gasteiger partial charge in [-0.25, -0.2) is 4.79 Å². The summed E-state index contributed by atoms with van der Waals surface area (Å²) in [7, 11) is 0. The van der Waals surface area contributed by atoms with Gasteiger partial charge in [-0.1, -0.05) is 155 Å². The van der Waals surface area contributed by atoms with Crippen molar-refractivity contribution in [1.29, 1.82) is 0 Å². The maximum atomic E-state index is 14.0. The van der Waals surface area contributed by atoms with Crippen LogP contribution in [0.3, 0.4) is 0 Å². The predicted octanol–water partition coefficient (Wildman–Crippen LogP) is 8.35. The Labute approximate surface area is 365 Å². The van der Waals surface area contributed by atoms with Crippen LogP contribution >= 0.6 is 15.9 Å². The smallest absolute Gasteiger partial charge is 0.338 e. The monoisotopic (exact) mass is 894 g/mol. The summed E-state index contributed by atoms with van der Waals surface area (Å²) in [6.45, 7) is 3.18. The quantitative estimate of drug-likeness (QED) is 0.0664. The zero-order valence-electron chi connectivity index (χ0n) is 33.9. The molecule has 3 saturated heterocycles. The minimum Gasteiger partial charge on any atom is -0.453 e. The lowest BCUT2D eigenvalue weighted by molar-refractivity contribution is -0.395. The number of esters is 1. The third-order valence-corrected chi connectivity index (χ3v) is 11.2. The highest BCUT2D eigenvalue weighted by Gasteiger charge is 2.56. The second-order valence-corrected chi connectivity index (χ2v) is 15.9. The van der Waals surface area contributed by atoms with Crippen molar-refractivity contribution in [3.05, 3.63) is 179 Å². The fourth-order valence-corrected chi connectivity index (χ4v) is 7.99. The SMILES string of the molecule is C[C@@H]1O[C@@H](O[C@H]2[C@H](OCCBr)O[C@@H]3COC(c4ccccc4)O[C@@H]3[C@@H]2OC(=O)c2ccccc2)[C@@H](OCc2ccccc2)[C@H](OCc2ccccc2)[C@@H]1OCc1ccccc1. The Bertz CT molecular complexity index is 2050. The summed E-state index contributed by atoms with van der Waals surface area (Å²) in [4.78, 5) is 14.0. The molecular weight excluding hydrogens is 844 g/mol. The molecule has 11 atom stereocenters. The van der Waals surface area contributed by atoms with Gasteiger partial charge in [0, 0.05) is 10.9 Å². The molecule has 3 aliphatic rings. The summed E-state index contributed by atoms with van der Waals surface area (Å²) < 4.78 is 66.6. The van der Waals surface area contributed by atoms with Crippen LogP contribution in [0.2, 0.25) is 0 Å². The minimum atomic E-state index is -1.08. The lowest BCUT2D eigenvalue weighted by Crippen LogP contribution is -2.67. The summed E-state index contributed by atoms with van der Waals surface area (Å²) in [5.41, 5.74) is 4.11. The molecule has 0 aromatic heterocycles. The van der Waals surface area contributed by atoms with Crippen LogP contribution < -0.4 is 0 Å². The van der Waals surface area contributed by atoms with Crippen molar-refractivity contribution in [2.45, 2.75) is 94.4 Å². The summed E-state index contributed by atoms with van der Waals surface area (Å²) in [6.07, 6.45) is -9.13. The molecule has 0 amide bonds. The van der Waals surface area contributed by atoms with Crippen molar-refractivity contribution in [1.82, 2.24) is 0 Å². The molecule has 5 aromatic rings. The largest absolute Gasteiger partial charge is 0.453 e. The first-order valence-corrected chi connectivity index (χ1v) is 21.8. The zero-order valence-corrected chi connectivity index (χ0v) is 35.5. The molecule has 5 aromatic carbocycles. The predicted molar refractivity (Wildman–Crippen MR) is 228 cm³/mol. The van der Waals surface area contributed by atoms with Crippen LogP contribution in [0.25, 0.3) is 0 Å². The van der Waals surface area contributed by atoms with Gasteiger partial charge in [-0.05, 0) is 35.7 Å². The Morgan fingerprint density at radius 3 is 1.67 bits per heavy atom. The van der Waals surface area contributed by atoms with Gasteiger partial charge in [0.15, 0.2) is 31.1 Å².